The van der Waals surface area contributed by atoms with Crippen LogP contribution in [0.4, 0.5) is 0 Å². The van der Waals surface area contributed by atoms with Gasteiger partial charge in [-0.2, -0.15) is 0 Å². The minimum absolute atomic E-state index is 0.930. The zero-order valence-electron chi connectivity index (χ0n) is 16.8. The van der Waals surface area contributed by atoms with Crippen molar-refractivity contribution in [3.8, 4) is 22.3 Å². The van der Waals surface area contributed by atoms with Crippen molar-refractivity contribution in [2.24, 2.45) is 0 Å². The second kappa shape index (κ2) is 7.50. The molecule has 0 heterocycles. The van der Waals surface area contributed by atoms with E-state index in [2.05, 4.69) is 116 Å². The third-order valence-electron chi connectivity index (χ3n) is 5.72. The number of hydrogen-bond donors (Lipinski definition) is 0. The summed E-state index contributed by atoms with van der Waals surface area (Å²) in [7, 11) is 0. The molecule has 0 aromatic heterocycles. The lowest BCUT2D eigenvalue weighted by atomic mass is 9.92. The summed E-state index contributed by atoms with van der Waals surface area (Å²) in [5, 5.41) is 5.00. The van der Waals surface area contributed by atoms with Gasteiger partial charge < -0.3 is 0 Å². The smallest absolute Gasteiger partial charge is 0.0171 e. The number of allylic oxidation sites excluding steroid dienone is 2. The molecule has 0 aliphatic carbocycles. The van der Waals surface area contributed by atoms with Gasteiger partial charge in [-0.25, -0.2) is 0 Å². The Bertz CT molecular complexity index is 1320. The average Bonchev–Trinajstić information content (AvgIpc) is 2.82. The lowest BCUT2D eigenvalue weighted by Gasteiger charge is -2.12. The molecule has 0 fully saturated rings. The lowest BCUT2D eigenvalue weighted by Crippen LogP contribution is -1.88. The van der Waals surface area contributed by atoms with E-state index in [0.717, 1.165) is 11.1 Å². The van der Waals surface area contributed by atoms with Crippen molar-refractivity contribution in [3.63, 3.8) is 0 Å². The fraction of sp³-hybridized carbons (Fsp3) is 0. The number of fused-ring (bicyclic) bond motifs is 2. The second-order valence-corrected chi connectivity index (χ2v) is 7.65. The van der Waals surface area contributed by atoms with Gasteiger partial charge in [-0.05, 0) is 85.3 Å². The Hall–Kier alpha value is -3.90. The summed E-state index contributed by atoms with van der Waals surface area (Å²) in [6.45, 7) is 8.12. The van der Waals surface area contributed by atoms with E-state index in [1.54, 1.807) is 0 Å². The van der Waals surface area contributed by atoms with Crippen LogP contribution in [-0.4, -0.2) is 0 Å². The zero-order valence-corrected chi connectivity index (χ0v) is 16.8. The molecule has 0 nitrogen and oxygen atoms in total. The minimum atomic E-state index is 0.930. The molecule has 5 rings (SSSR count). The van der Waals surface area contributed by atoms with Crippen molar-refractivity contribution in [2.75, 3.05) is 0 Å². The van der Waals surface area contributed by atoms with E-state index < -0.39 is 0 Å². The maximum atomic E-state index is 4.19. The second-order valence-electron chi connectivity index (χ2n) is 7.65. The number of hydrogen-bond acceptors (Lipinski definition) is 0. The first-order valence-electron chi connectivity index (χ1n) is 10.2. The summed E-state index contributed by atoms with van der Waals surface area (Å²) in [6.07, 6.45) is 1.82. The Morgan fingerprint density at radius 1 is 0.500 bits per heavy atom. The van der Waals surface area contributed by atoms with Crippen molar-refractivity contribution in [1.82, 2.24) is 0 Å². The van der Waals surface area contributed by atoms with E-state index in [1.807, 2.05) is 6.08 Å². The van der Waals surface area contributed by atoms with Crippen molar-refractivity contribution < 1.29 is 0 Å². The van der Waals surface area contributed by atoms with Crippen molar-refractivity contribution >= 4 is 27.1 Å². The van der Waals surface area contributed by atoms with Crippen LogP contribution in [0.3, 0.4) is 0 Å². The van der Waals surface area contributed by atoms with Gasteiger partial charge in [0.25, 0.3) is 0 Å². The molecule has 0 spiro atoms. The van der Waals surface area contributed by atoms with Gasteiger partial charge in [-0.15, -0.1) is 0 Å². The van der Waals surface area contributed by atoms with Gasteiger partial charge in [0, 0.05) is 0 Å². The molecular formula is C30H22. The van der Waals surface area contributed by atoms with Gasteiger partial charge in [0.15, 0.2) is 0 Å². The van der Waals surface area contributed by atoms with Crippen LogP contribution in [0.25, 0.3) is 49.4 Å². The van der Waals surface area contributed by atoms with Crippen LogP contribution in [0.5, 0.6) is 0 Å². The molecule has 0 atom stereocenters. The number of rotatable bonds is 4. The van der Waals surface area contributed by atoms with E-state index in [9.17, 15) is 0 Å². The Balaban J connectivity index is 1.70. The van der Waals surface area contributed by atoms with Gasteiger partial charge in [-0.3, -0.25) is 0 Å². The van der Waals surface area contributed by atoms with E-state index >= 15 is 0 Å². The first-order chi connectivity index (χ1) is 14.7. The summed E-state index contributed by atoms with van der Waals surface area (Å²) < 4.78 is 0. The highest BCUT2D eigenvalue weighted by Crippen LogP contribution is 2.33. The molecule has 0 bridgehead atoms. The third kappa shape index (κ3) is 3.33. The predicted octanol–water partition coefficient (Wildman–Crippen LogP) is 8.53. The first kappa shape index (κ1) is 18.1. The normalized spacial score (nSPS) is 10.9. The molecule has 5 aromatic carbocycles. The Kier molecular flexibility index (Phi) is 4.53. The molecule has 0 saturated heterocycles. The van der Waals surface area contributed by atoms with E-state index in [0.29, 0.717) is 0 Å². The Morgan fingerprint density at radius 2 is 0.967 bits per heavy atom. The van der Waals surface area contributed by atoms with Crippen LogP contribution in [0, 0.1) is 0 Å². The average molecular weight is 383 g/mol. The highest BCUT2D eigenvalue weighted by atomic mass is 14.1. The molecule has 142 valence electrons. The Labute approximate surface area is 177 Å². The minimum Gasteiger partial charge on any atom is -0.0985 e. The van der Waals surface area contributed by atoms with E-state index in [1.165, 1.54) is 43.8 Å². The Morgan fingerprint density at radius 3 is 1.43 bits per heavy atom. The highest BCUT2D eigenvalue weighted by Gasteiger charge is 2.08. The molecule has 0 saturated carbocycles. The van der Waals surface area contributed by atoms with Crippen LogP contribution in [0.1, 0.15) is 5.56 Å². The molecule has 0 aliphatic rings. The van der Waals surface area contributed by atoms with Gasteiger partial charge in [0.05, 0.1) is 0 Å². The molecular weight excluding hydrogens is 360 g/mol. The summed E-state index contributed by atoms with van der Waals surface area (Å²) in [4.78, 5) is 0. The van der Waals surface area contributed by atoms with Gasteiger partial charge >= 0.3 is 0 Å². The lowest BCUT2D eigenvalue weighted by molar-refractivity contribution is 1.57. The summed E-state index contributed by atoms with van der Waals surface area (Å²) in [5.74, 6) is 0. The van der Waals surface area contributed by atoms with Crippen molar-refractivity contribution in [1.29, 1.82) is 0 Å². The van der Waals surface area contributed by atoms with Gasteiger partial charge in [0.1, 0.15) is 0 Å². The topological polar surface area (TPSA) is 0 Å². The standard InChI is InChI=1S/C30H22/c1-3-21(2)28-18-29(26-14-12-22-8-4-6-10-24(22)16-26)20-30(19-28)27-15-13-23-9-5-7-11-25(23)17-27/h3-20H,1-2H2. The SMILES string of the molecule is C=CC(=C)c1cc(-c2ccc3ccccc3c2)cc(-c2ccc3ccccc3c2)c1. The fourth-order valence-electron chi connectivity index (χ4n) is 4.00. The van der Waals surface area contributed by atoms with Crippen LogP contribution in [-0.2, 0) is 0 Å². The molecule has 30 heavy (non-hydrogen) atoms. The van der Waals surface area contributed by atoms with Crippen LogP contribution in [0.2, 0.25) is 0 Å². The maximum Gasteiger partial charge on any atom is -0.0171 e. The maximum absolute atomic E-state index is 4.19. The summed E-state index contributed by atoms with van der Waals surface area (Å²) >= 11 is 0. The summed E-state index contributed by atoms with van der Waals surface area (Å²) in [5.41, 5.74) is 6.80. The largest absolute Gasteiger partial charge is 0.0985 e. The van der Waals surface area contributed by atoms with E-state index in [4.69, 9.17) is 0 Å². The summed E-state index contributed by atoms with van der Waals surface area (Å²) in [6, 6.07) is 36.9. The molecule has 0 N–H and O–H groups in total. The molecule has 0 aliphatic heterocycles. The monoisotopic (exact) mass is 382 g/mol. The highest BCUT2D eigenvalue weighted by molar-refractivity contribution is 5.91. The van der Waals surface area contributed by atoms with Gasteiger partial charge in [-0.1, -0.05) is 92.0 Å². The van der Waals surface area contributed by atoms with Crippen molar-refractivity contribution in [3.05, 3.63) is 128 Å². The van der Waals surface area contributed by atoms with Crippen LogP contribution < -0.4 is 0 Å². The molecule has 0 unspecified atom stereocenters. The number of benzene rings is 5. The van der Waals surface area contributed by atoms with E-state index in [-0.39, 0.29) is 0 Å². The molecule has 0 heteroatoms. The molecule has 5 aromatic rings. The molecule has 0 amide bonds. The van der Waals surface area contributed by atoms with Crippen molar-refractivity contribution in [2.45, 2.75) is 0 Å². The molecule has 0 radical (unpaired) electrons. The third-order valence-corrected chi connectivity index (χ3v) is 5.72. The van der Waals surface area contributed by atoms with Crippen LogP contribution >= 0.6 is 0 Å². The fourth-order valence-corrected chi connectivity index (χ4v) is 4.00. The zero-order chi connectivity index (χ0) is 20.5. The quantitative estimate of drug-likeness (QED) is 0.273. The van der Waals surface area contributed by atoms with Gasteiger partial charge in [0.2, 0.25) is 0 Å². The first-order valence-corrected chi connectivity index (χ1v) is 10.2. The predicted molar refractivity (Wildman–Crippen MR) is 132 cm³/mol. The van der Waals surface area contributed by atoms with Crippen LogP contribution in [0.15, 0.2) is 122 Å².